The monoisotopic (exact) mass is 578 g/mol. The zero-order valence-electron chi connectivity index (χ0n) is 25.0. The van der Waals surface area contributed by atoms with Crippen LogP contribution in [-0.2, 0) is 4.74 Å². The van der Waals surface area contributed by atoms with Crippen LogP contribution in [0.1, 0.15) is 45.1 Å². The first kappa shape index (κ1) is 32.9. The van der Waals surface area contributed by atoms with E-state index in [0.717, 1.165) is 56.1 Å². The number of nitrogens with one attached hydrogen (secondary N) is 1. The minimum Gasteiger partial charge on any atom is -0.491 e. The Kier molecular flexibility index (Phi) is 13.0. The number of nitrogens with two attached hydrogens (primary N) is 1. The van der Waals surface area contributed by atoms with Crippen LogP contribution in [0.25, 0.3) is 11.4 Å². The number of nitrogens with zero attached hydrogens (tertiary/aromatic N) is 4. The first-order chi connectivity index (χ1) is 19.8. The molecule has 0 radical (unpaired) electrons. The fourth-order valence-electron chi connectivity index (χ4n) is 5.55. The zero-order chi connectivity index (χ0) is 29.8. The molecule has 3 fully saturated rings. The predicted molar refractivity (Wildman–Crippen MR) is 160 cm³/mol. The van der Waals surface area contributed by atoms with Crippen LogP contribution in [-0.4, -0.2) is 98.6 Å². The Balaban J connectivity index is 0.000000586. The summed E-state index contributed by atoms with van der Waals surface area (Å²) in [5.41, 5.74) is 7.91. The topological polar surface area (TPSA) is 109 Å². The summed E-state index contributed by atoms with van der Waals surface area (Å²) >= 11 is 0. The smallest absolute Gasteiger partial charge is 0.251 e. The van der Waals surface area contributed by atoms with Crippen LogP contribution < -0.4 is 20.7 Å². The van der Waals surface area contributed by atoms with Gasteiger partial charge in [0.05, 0.1) is 6.54 Å². The maximum absolute atomic E-state index is 12.8. The summed E-state index contributed by atoms with van der Waals surface area (Å²) in [7, 11) is 1.77. The molecule has 3 saturated heterocycles. The van der Waals surface area contributed by atoms with Gasteiger partial charge in [-0.05, 0) is 51.8 Å². The quantitative estimate of drug-likeness (QED) is 0.407. The second kappa shape index (κ2) is 16.1. The van der Waals surface area contributed by atoms with Gasteiger partial charge in [0.1, 0.15) is 30.1 Å². The molecule has 1 spiro atoms. The number of ether oxygens (including phenoxy) is 2. The van der Waals surface area contributed by atoms with Crippen molar-refractivity contribution in [3.63, 3.8) is 0 Å². The number of nitrogen functional groups attached to an aromatic ring is 1. The van der Waals surface area contributed by atoms with E-state index in [1.165, 1.54) is 12.8 Å². The van der Waals surface area contributed by atoms with Crippen molar-refractivity contribution in [2.24, 2.45) is 5.41 Å². The number of benzene rings is 1. The second-order valence-corrected chi connectivity index (χ2v) is 10.8. The van der Waals surface area contributed by atoms with Crippen molar-refractivity contribution < 1.29 is 23.4 Å². The molecule has 1 unspecified atom stereocenters. The third kappa shape index (κ3) is 9.46. The molecule has 4 N–H and O–H groups in total. The molecule has 0 saturated carbocycles. The first-order valence-electron chi connectivity index (χ1n) is 14.8. The normalized spacial score (nSPS) is 18.7. The first-order valence-corrected chi connectivity index (χ1v) is 14.8. The van der Waals surface area contributed by atoms with Gasteiger partial charge < -0.3 is 30.5 Å². The largest absolute Gasteiger partial charge is 0.491 e. The van der Waals surface area contributed by atoms with E-state index >= 15 is 0 Å². The van der Waals surface area contributed by atoms with Gasteiger partial charge in [0.25, 0.3) is 6.43 Å². The Morgan fingerprint density at radius 2 is 1.88 bits per heavy atom. The zero-order valence-corrected chi connectivity index (χ0v) is 25.0. The lowest BCUT2D eigenvalue weighted by molar-refractivity contribution is -0.0426. The average molecular weight is 579 g/mol. The van der Waals surface area contributed by atoms with Gasteiger partial charge in [-0.25, -0.2) is 18.7 Å². The molecule has 41 heavy (non-hydrogen) atoms. The Labute approximate surface area is 243 Å². The molecular formula is C30H48F2N6O3. The van der Waals surface area contributed by atoms with E-state index in [-0.39, 0.29) is 18.6 Å². The minimum atomic E-state index is -2.30. The molecule has 3 aliphatic heterocycles. The fraction of sp³-hybridized carbons (Fsp3) is 0.667. The predicted octanol–water partition coefficient (Wildman–Crippen LogP) is 3.98. The van der Waals surface area contributed by atoms with Crippen molar-refractivity contribution in [2.75, 3.05) is 76.8 Å². The van der Waals surface area contributed by atoms with Gasteiger partial charge in [-0.15, -0.1) is 0 Å². The second-order valence-electron chi connectivity index (χ2n) is 10.8. The summed E-state index contributed by atoms with van der Waals surface area (Å²) in [6.45, 7) is 11.4. The average Bonchev–Trinajstić information content (AvgIpc) is 3.54. The molecule has 2 aromatic rings. The number of aromatic nitrogens is 2. The number of piperidine rings is 1. The lowest BCUT2D eigenvalue weighted by Crippen LogP contribution is -2.63. The highest BCUT2D eigenvalue weighted by Crippen LogP contribution is 2.41. The molecule has 5 rings (SSSR count). The van der Waals surface area contributed by atoms with E-state index in [9.17, 15) is 13.9 Å². The van der Waals surface area contributed by atoms with Crippen LogP contribution in [0.5, 0.6) is 5.75 Å². The molecule has 0 amide bonds. The van der Waals surface area contributed by atoms with Gasteiger partial charge in [-0.2, -0.15) is 0 Å². The Morgan fingerprint density at radius 3 is 2.51 bits per heavy atom. The highest BCUT2D eigenvalue weighted by Gasteiger charge is 2.46. The number of aliphatic hydroxyl groups is 1. The van der Waals surface area contributed by atoms with Crippen molar-refractivity contribution in [1.29, 1.82) is 0 Å². The lowest BCUT2D eigenvalue weighted by atomic mass is 9.73. The number of hydrogen-bond acceptors (Lipinski definition) is 9. The van der Waals surface area contributed by atoms with Gasteiger partial charge >= 0.3 is 0 Å². The van der Waals surface area contributed by atoms with Gasteiger partial charge in [0, 0.05) is 62.5 Å². The minimum absolute atomic E-state index is 0.0292. The molecule has 9 nitrogen and oxygen atoms in total. The van der Waals surface area contributed by atoms with E-state index in [2.05, 4.69) is 15.2 Å². The number of rotatable bonds is 9. The van der Waals surface area contributed by atoms with Crippen molar-refractivity contribution in [3.05, 3.63) is 29.8 Å². The molecule has 0 aliphatic carbocycles. The van der Waals surface area contributed by atoms with Gasteiger partial charge in [0.2, 0.25) is 0 Å². The number of halogens is 2. The molecule has 1 atom stereocenters. The molecule has 0 bridgehead atoms. The SMILES string of the molecule is C1CCOC1.CC.CNCC(O)COc1cccc(-c2nc(N)c(C)c(N3CCCC4(CN(CC(F)F)C4)C3)n2)c1. The molecule has 11 heteroatoms. The standard InChI is InChI=1S/C24H34F2N6O2.C4H8O.C2H6/c1-16-21(27)29-22(17-5-3-6-19(9-17)34-12-18(33)10-28-2)30-23(16)32-8-4-7-24(15-32)13-31(14-24)11-20(25)26;1-2-4-5-3-1;1-2/h3,5-6,9,18,20,28,33H,4,7-8,10-15H2,1-2H3,(H2,27,29,30);1-4H2;1-2H3. The summed E-state index contributed by atoms with van der Waals surface area (Å²) in [6.07, 6.45) is 1.67. The molecular weight excluding hydrogens is 530 g/mol. The van der Waals surface area contributed by atoms with Gasteiger partial charge in [-0.1, -0.05) is 26.0 Å². The van der Waals surface area contributed by atoms with Crippen LogP contribution in [0.15, 0.2) is 24.3 Å². The van der Waals surface area contributed by atoms with Gasteiger partial charge in [-0.3, -0.25) is 4.90 Å². The maximum atomic E-state index is 12.8. The molecule has 3 aliphatic rings. The fourth-order valence-corrected chi connectivity index (χ4v) is 5.55. The van der Waals surface area contributed by atoms with E-state index in [1.807, 2.05) is 49.9 Å². The molecule has 1 aromatic carbocycles. The number of likely N-dealkylation sites (N-methyl/N-ethyl adjacent to an activating group) is 1. The van der Waals surface area contributed by atoms with Crippen molar-refractivity contribution >= 4 is 11.6 Å². The summed E-state index contributed by atoms with van der Waals surface area (Å²) in [4.78, 5) is 13.4. The number of hydrogen-bond donors (Lipinski definition) is 3. The Morgan fingerprint density at radius 1 is 1.15 bits per heavy atom. The highest BCUT2D eigenvalue weighted by molar-refractivity contribution is 5.66. The van der Waals surface area contributed by atoms with E-state index in [1.54, 1.807) is 7.05 Å². The summed E-state index contributed by atoms with van der Waals surface area (Å²) in [5, 5.41) is 12.8. The van der Waals surface area contributed by atoms with Crippen LogP contribution in [0.2, 0.25) is 0 Å². The number of anilines is 2. The van der Waals surface area contributed by atoms with Crippen LogP contribution >= 0.6 is 0 Å². The highest BCUT2D eigenvalue weighted by atomic mass is 19.3. The summed E-state index contributed by atoms with van der Waals surface area (Å²) in [6, 6.07) is 7.42. The Bertz CT molecular complexity index is 1060. The molecule has 1 aromatic heterocycles. The van der Waals surface area contributed by atoms with E-state index < -0.39 is 12.5 Å². The third-order valence-electron chi connectivity index (χ3n) is 7.43. The van der Waals surface area contributed by atoms with Crippen molar-refractivity contribution in [1.82, 2.24) is 20.2 Å². The maximum Gasteiger partial charge on any atom is 0.251 e. The number of aliphatic hydroxyl groups excluding tert-OH is 1. The van der Waals surface area contributed by atoms with Crippen molar-refractivity contribution in [2.45, 2.75) is 59.0 Å². The van der Waals surface area contributed by atoms with E-state index in [4.69, 9.17) is 20.2 Å². The van der Waals surface area contributed by atoms with E-state index in [0.29, 0.717) is 37.0 Å². The molecule has 4 heterocycles. The number of alkyl halides is 2. The van der Waals surface area contributed by atoms with Crippen LogP contribution in [0.4, 0.5) is 20.4 Å². The third-order valence-corrected chi connectivity index (χ3v) is 7.43. The lowest BCUT2D eigenvalue weighted by Gasteiger charge is -2.55. The summed E-state index contributed by atoms with van der Waals surface area (Å²) in [5.74, 6) is 2.34. The summed E-state index contributed by atoms with van der Waals surface area (Å²) < 4.78 is 36.2. The molecule has 230 valence electrons. The van der Waals surface area contributed by atoms with Crippen LogP contribution in [0.3, 0.4) is 0 Å². The van der Waals surface area contributed by atoms with Gasteiger partial charge in [0.15, 0.2) is 5.82 Å². The van der Waals surface area contributed by atoms with Crippen LogP contribution in [0, 0.1) is 12.3 Å². The number of likely N-dealkylation sites (tertiary alicyclic amines) is 1. The van der Waals surface area contributed by atoms with Crippen molar-refractivity contribution in [3.8, 4) is 17.1 Å². The Hall–Kier alpha value is -2.60.